The van der Waals surface area contributed by atoms with Gasteiger partial charge in [-0.2, -0.15) is 0 Å². The molecule has 2 atom stereocenters. The molecule has 2 aromatic carbocycles. The third-order valence-corrected chi connectivity index (χ3v) is 7.03. The second kappa shape index (κ2) is 9.23. The third kappa shape index (κ3) is 4.63. The number of anilines is 1. The number of rotatable bonds is 6. The zero-order chi connectivity index (χ0) is 23.0. The molecule has 6 nitrogen and oxygen atoms in total. The van der Waals surface area contributed by atoms with E-state index in [9.17, 15) is 22.6 Å². The largest absolute Gasteiger partial charge is 0.396 e. The van der Waals surface area contributed by atoms with Crippen LogP contribution in [0.5, 0.6) is 0 Å². The van der Waals surface area contributed by atoms with Crippen LogP contribution in [0, 0.1) is 0 Å². The van der Waals surface area contributed by atoms with Crippen LogP contribution in [0.2, 0.25) is 10.0 Å². The Kier molecular flexibility index (Phi) is 6.74. The molecule has 1 aromatic heterocycles. The smallest absolute Gasteiger partial charge is 0.251 e. The van der Waals surface area contributed by atoms with E-state index in [1.54, 1.807) is 35.2 Å². The molecule has 1 aliphatic heterocycles. The molecule has 1 fully saturated rings. The fourth-order valence-electron chi connectivity index (χ4n) is 4.01. The van der Waals surface area contributed by atoms with E-state index in [4.69, 9.17) is 23.2 Å². The zero-order valence-corrected chi connectivity index (χ0v) is 19.2. The molecule has 3 aromatic rings. The van der Waals surface area contributed by atoms with Crippen LogP contribution >= 0.6 is 23.2 Å². The molecule has 11 heteroatoms. The molecule has 0 spiro atoms. The summed E-state index contributed by atoms with van der Waals surface area (Å²) < 4.78 is 47.6. The normalized spacial score (nSPS) is 18.1. The summed E-state index contributed by atoms with van der Waals surface area (Å²) >= 11 is 11.0. The minimum Gasteiger partial charge on any atom is -0.396 e. The van der Waals surface area contributed by atoms with Crippen molar-refractivity contribution in [3.63, 3.8) is 0 Å². The van der Waals surface area contributed by atoms with E-state index in [0.29, 0.717) is 34.0 Å². The molecule has 1 unspecified atom stereocenters. The number of aliphatic hydroxyl groups is 1. The standard InChI is InChI=1S/C21H21Cl2F2N3O3S/c22-15-11-16-18(17(23)19(15)28-8-6-21(24,25)7-9-28)27-20(26-16)14(5-10-29)12-1-3-13(4-2-12)32(30)31/h1-4,11,14,29H,5-10H2,(H,26,27)(H,30,31)/t14-/m1/s1. The SMILES string of the molecule is O=S(O)c1ccc([C@@H](CCO)c2nc3c(Cl)c(N4CCC(F)(F)CC4)c(Cl)cc3[nH]2)cc1. The highest BCUT2D eigenvalue weighted by molar-refractivity contribution is 7.79. The maximum Gasteiger partial charge on any atom is 0.251 e. The average Bonchev–Trinajstić information content (AvgIpc) is 3.17. The van der Waals surface area contributed by atoms with Gasteiger partial charge in [-0.3, -0.25) is 0 Å². The van der Waals surface area contributed by atoms with Crippen LogP contribution in [-0.2, 0) is 11.1 Å². The number of fused-ring (bicyclic) bond motifs is 1. The summed E-state index contributed by atoms with van der Waals surface area (Å²) in [5.74, 6) is -2.46. The fraction of sp³-hybridized carbons (Fsp3) is 0.381. The van der Waals surface area contributed by atoms with Gasteiger partial charge < -0.3 is 19.5 Å². The summed E-state index contributed by atoms with van der Waals surface area (Å²) in [6.45, 7) is 0.180. The maximum atomic E-state index is 13.6. The number of halogens is 4. The van der Waals surface area contributed by atoms with Crippen LogP contribution in [0.25, 0.3) is 11.0 Å². The van der Waals surface area contributed by atoms with Gasteiger partial charge in [-0.25, -0.2) is 18.0 Å². The van der Waals surface area contributed by atoms with E-state index < -0.39 is 17.0 Å². The van der Waals surface area contributed by atoms with Gasteiger partial charge in [-0.15, -0.1) is 0 Å². The fourth-order valence-corrected chi connectivity index (χ4v) is 5.11. The van der Waals surface area contributed by atoms with Crippen LogP contribution in [0.3, 0.4) is 0 Å². The average molecular weight is 504 g/mol. The molecule has 1 saturated heterocycles. The number of aliphatic hydroxyl groups excluding tert-OH is 1. The van der Waals surface area contributed by atoms with Gasteiger partial charge in [0.05, 0.1) is 26.1 Å². The summed E-state index contributed by atoms with van der Waals surface area (Å²) in [7, 11) is 0. The van der Waals surface area contributed by atoms with Gasteiger partial charge in [0.2, 0.25) is 0 Å². The Bertz CT molecular complexity index is 1150. The number of H-pyrrole nitrogens is 1. The van der Waals surface area contributed by atoms with Crippen molar-refractivity contribution >= 4 is 51.0 Å². The Morgan fingerprint density at radius 3 is 2.47 bits per heavy atom. The number of aromatic amines is 1. The Hall–Kier alpha value is -1.78. The molecule has 0 bridgehead atoms. The number of aromatic nitrogens is 2. The Morgan fingerprint density at radius 1 is 1.22 bits per heavy atom. The second-order valence-electron chi connectivity index (χ2n) is 7.77. The van der Waals surface area contributed by atoms with Gasteiger partial charge in [-0.1, -0.05) is 35.3 Å². The van der Waals surface area contributed by atoms with Crippen molar-refractivity contribution in [1.82, 2.24) is 9.97 Å². The monoisotopic (exact) mass is 503 g/mol. The first-order valence-electron chi connectivity index (χ1n) is 10.0. The summed E-state index contributed by atoms with van der Waals surface area (Å²) in [6, 6.07) is 8.20. The van der Waals surface area contributed by atoms with E-state index in [1.165, 1.54) is 0 Å². The van der Waals surface area contributed by atoms with Gasteiger partial charge in [-0.05, 0) is 30.2 Å². The van der Waals surface area contributed by atoms with Crippen molar-refractivity contribution in [3.8, 4) is 0 Å². The van der Waals surface area contributed by atoms with Gasteiger partial charge in [0.15, 0.2) is 11.1 Å². The Morgan fingerprint density at radius 2 is 1.88 bits per heavy atom. The molecule has 3 N–H and O–H groups in total. The molecule has 1 aliphatic rings. The summed E-state index contributed by atoms with van der Waals surface area (Å²) in [5.41, 5.74) is 2.35. The van der Waals surface area contributed by atoms with E-state index in [-0.39, 0.29) is 48.4 Å². The van der Waals surface area contributed by atoms with Gasteiger partial charge in [0.1, 0.15) is 11.3 Å². The Labute approximate surface area is 195 Å². The lowest BCUT2D eigenvalue weighted by Gasteiger charge is -2.34. The second-order valence-corrected chi connectivity index (χ2v) is 9.52. The van der Waals surface area contributed by atoms with Crippen molar-refractivity contribution < 1.29 is 22.6 Å². The van der Waals surface area contributed by atoms with Crippen LogP contribution in [0.15, 0.2) is 35.2 Å². The number of hydrogen-bond acceptors (Lipinski definition) is 4. The lowest BCUT2D eigenvalue weighted by molar-refractivity contribution is -0.0220. The summed E-state index contributed by atoms with van der Waals surface area (Å²) in [5, 5.41) is 10.2. The van der Waals surface area contributed by atoms with Gasteiger partial charge in [0, 0.05) is 38.5 Å². The van der Waals surface area contributed by atoms with E-state index in [1.807, 2.05) is 0 Å². The third-order valence-electron chi connectivity index (χ3n) is 5.71. The molecule has 172 valence electrons. The first kappa shape index (κ1) is 23.4. The maximum absolute atomic E-state index is 13.6. The molecule has 0 aliphatic carbocycles. The summed E-state index contributed by atoms with van der Waals surface area (Å²) in [4.78, 5) is 9.88. The summed E-state index contributed by atoms with van der Waals surface area (Å²) in [6.07, 6.45) is -0.172. The number of benzene rings is 2. The number of nitrogens with one attached hydrogen (secondary N) is 1. The minimum absolute atomic E-state index is 0.100. The van der Waals surface area contributed by atoms with Crippen LogP contribution < -0.4 is 4.90 Å². The molecule has 0 radical (unpaired) electrons. The van der Waals surface area contributed by atoms with Crippen LogP contribution in [0.1, 0.15) is 36.6 Å². The molecular weight excluding hydrogens is 483 g/mol. The van der Waals surface area contributed by atoms with Crippen molar-refractivity contribution in [2.45, 2.75) is 36.0 Å². The lowest BCUT2D eigenvalue weighted by Crippen LogP contribution is -2.39. The number of imidazole rings is 1. The van der Waals surface area contributed by atoms with Crippen LogP contribution in [-0.4, -0.2) is 49.5 Å². The van der Waals surface area contributed by atoms with Crippen molar-refractivity contribution in [1.29, 1.82) is 0 Å². The van der Waals surface area contributed by atoms with E-state index in [0.717, 1.165) is 5.56 Å². The zero-order valence-electron chi connectivity index (χ0n) is 16.8. The van der Waals surface area contributed by atoms with Gasteiger partial charge >= 0.3 is 0 Å². The topological polar surface area (TPSA) is 89.4 Å². The molecule has 4 rings (SSSR count). The molecule has 2 heterocycles. The number of hydrogen-bond donors (Lipinski definition) is 3. The molecule has 0 saturated carbocycles. The first-order chi connectivity index (χ1) is 15.2. The van der Waals surface area contributed by atoms with Crippen LogP contribution in [0.4, 0.5) is 14.5 Å². The highest BCUT2D eigenvalue weighted by Gasteiger charge is 2.35. The van der Waals surface area contributed by atoms with Crippen molar-refractivity contribution in [3.05, 3.63) is 51.8 Å². The number of piperidine rings is 1. The predicted octanol–water partition coefficient (Wildman–Crippen LogP) is 5.20. The van der Waals surface area contributed by atoms with E-state index >= 15 is 0 Å². The van der Waals surface area contributed by atoms with Crippen molar-refractivity contribution in [2.75, 3.05) is 24.6 Å². The highest BCUT2D eigenvalue weighted by Crippen LogP contribution is 2.42. The Balaban J connectivity index is 1.71. The highest BCUT2D eigenvalue weighted by atomic mass is 35.5. The molecular formula is C21H21Cl2F2N3O3S. The molecule has 0 amide bonds. The van der Waals surface area contributed by atoms with E-state index in [2.05, 4.69) is 9.97 Å². The number of nitrogens with zero attached hydrogens (tertiary/aromatic N) is 2. The predicted molar refractivity (Wildman–Crippen MR) is 122 cm³/mol. The minimum atomic E-state index is -2.69. The van der Waals surface area contributed by atoms with Crippen molar-refractivity contribution in [2.24, 2.45) is 0 Å². The lowest BCUT2D eigenvalue weighted by atomic mass is 9.95. The van der Waals surface area contributed by atoms with Gasteiger partial charge in [0.25, 0.3) is 5.92 Å². The quantitative estimate of drug-likeness (QED) is 0.402. The first-order valence-corrected chi connectivity index (χ1v) is 11.9. The molecule has 32 heavy (non-hydrogen) atoms. The number of alkyl halides is 2.